The average molecular weight is 284 g/mol. The van der Waals surface area contributed by atoms with Crippen LogP contribution in [0.1, 0.15) is 52.9 Å². The first-order chi connectivity index (χ1) is 9.54. The summed E-state index contributed by atoms with van der Waals surface area (Å²) in [5.41, 5.74) is 0. The number of ether oxygens (including phenoxy) is 1. The van der Waals surface area contributed by atoms with Crippen molar-refractivity contribution in [3.05, 3.63) is 0 Å². The van der Waals surface area contributed by atoms with Gasteiger partial charge >= 0.3 is 6.09 Å². The summed E-state index contributed by atoms with van der Waals surface area (Å²) in [7, 11) is 1.31. The number of carbonyl (C=O) groups excluding carboxylic acids is 2. The molecule has 5 heteroatoms. The Bertz CT molecular complexity index is 333. The summed E-state index contributed by atoms with van der Waals surface area (Å²) in [6.07, 6.45) is 4.70. The van der Waals surface area contributed by atoms with Gasteiger partial charge in [-0.25, -0.2) is 4.79 Å². The van der Waals surface area contributed by atoms with Crippen LogP contribution in [0, 0.1) is 5.92 Å². The molecular weight excluding hydrogens is 256 g/mol. The maximum Gasteiger partial charge on any atom is 0.407 e. The molecule has 0 aromatic carbocycles. The van der Waals surface area contributed by atoms with Crippen LogP contribution in [0.15, 0.2) is 0 Å². The highest BCUT2D eigenvalue weighted by molar-refractivity contribution is 5.85. The highest BCUT2D eigenvalue weighted by Gasteiger charge is 2.33. The Morgan fingerprint density at radius 3 is 2.45 bits per heavy atom. The number of methoxy groups -OCH3 is 1. The third-order valence-corrected chi connectivity index (χ3v) is 4.27. The van der Waals surface area contributed by atoms with Crippen molar-refractivity contribution in [2.75, 3.05) is 13.7 Å². The Hall–Kier alpha value is -1.26. The Morgan fingerprint density at radius 1 is 1.30 bits per heavy atom. The van der Waals surface area contributed by atoms with Crippen LogP contribution < -0.4 is 5.32 Å². The summed E-state index contributed by atoms with van der Waals surface area (Å²) < 4.78 is 4.59. The number of alkyl carbamates (subject to hydrolysis) is 1. The van der Waals surface area contributed by atoms with Gasteiger partial charge in [-0.1, -0.05) is 26.7 Å². The first-order valence-electron chi connectivity index (χ1n) is 7.70. The maximum atomic E-state index is 12.7. The van der Waals surface area contributed by atoms with Gasteiger partial charge in [0, 0.05) is 12.6 Å². The largest absolute Gasteiger partial charge is 0.453 e. The van der Waals surface area contributed by atoms with Crippen molar-refractivity contribution in [1.82, 2.24) is 10.2 Å². The van der Waals surface area contributed by atoms with Crippen molar-refractivity contribution < 1.29 is 14.3 Å². The lowest BCUT2D eigenvalue weighted by Crippen LogP contribution is -2.53. The molecule has 0 aromatic heterocycles. The van der Waals surface area contributed by atoms with E-state index < -0.39 is 12.1 Å². The molecule has 0 spiro atoms. The van der Waals surface area contributed by atoms with Gasteiger partial charge in [-0.2, -0.15) is 0 Å². The van der Waals surface area contributed by atoms with E-state index in [1.165, 1.54) is 26.4 Å². The predicted octanol–water partition coefficient (Wildman–Crippen LogP) is 2.55. The van der Waals surface area contributed by atoms with Crippen molar-refractivity contribution in [3.8, 4) is 0 Å². The Kier molecular flexibility index (Phi) is 6.82. The minimum Gasteiger partial charge on any atom is -0.453 e. The van der Waals surface area contributed by atoms with Gasteiger partial charge in [0.1, 0.15) is 6.04 Å². The van der Waals surface area contributed by atoms with E-state index in [0.717, 1.165) is 6.42 Å². The van der Waals surface area contributed by atoms with E-state index in [0.29, 0.717) is 24.9 Å². The Morgan fingerprint density at radius 2 is 1.95 bits per heavy atom. The Labute approximate surface area is 122 Å². The van der Waals surface area contributed by atoms with Crippen molar-refractivity contribution >= 4 is 12.0 Å². The van der Waals surface area contributed by atoms with Crippen molar-refractivity contribution in [3.63, 3.8) is 0 Å². The molecule has 1 aliphatic rings. The quantitative estimate of drug-likeness (QED) is 0.844. The number of rotatable bonds is 5. The van der Waals surface area contributed by atoms with E-state index >= 15 is 0 Å². The zero-order valence-corrected chi connectivity index (χ0v) is 13.1. The van der Waals surface area contributed by atoms with Gasteiger partial charge in [-0.15, -0.1) is 0 Å². The fourth-order valence-corrected chi connectivity index (χ4v) is 3.05. The second kappa shape index (κ2) is 8.12. The van der Waals surface area contributed by atoms with Crippen LogP contribution >= 0.6 is 0 Å². The van der Waals surface area contributed by atoms with Gasteiger partial charge in [0.25, 0.3) is 0 Å². The van der Waals surface area contributed by atoms with Gasteiger partial charge in [-0.3, -0.25) is 4.79 Å². The molecule has 1 aliphatic carbocycles. The van der Waals surface area contributed by atoms with E-state index in [2.05, 4.69) is 17.0 Å². The summed E-state index contributed by atoms with van der Waals surface area (Å²) in [5.74, 6) is 0.544. The number of amides is 2. The smallest absolute Gasteiger partial charge is 0.407 e. The molecular formula is C15H28N2O3. The molecule has 0 saturated heterocycles. The van der Waals surface area contributed by atoms with Crippen LogP contribution in [0.5, 0.6) is 0 Å². The van der Waals surface area contributed by atoms with Crippen molar-refractivity contribution in [1.29, 1.82) is 0 Å². The van der Waals surface area contributed by atoms with Gasteiger partial charge in [-0.05, 0) is 32.1 Å². The van der Waals surface area contributed by atoms with Crippen molar-refractivity contribution in [2.45, 2.75) is 65.0 Å². The monoisotopic (exact) mass is 284 g/mol. The summed E-state index contributed by atoms with van der Waals surface area (Å²) in [4.78, 5) is 25.9. The fourth-order valence-electron chi connectivity index (χ4n) is 3.05. The van der Waals surface area contributed by atoms with Crippen LogP contribution in [-0.4, -0.2) is 42.6 Å². The molecule has 0 bridgehead atoms. The van der Waals surface area contributed by atoms with E-state index in [1.807, 2.05) is 18.7 Å². The molecule has 0 heterocycles. The number of likely N-dealkylation sites (N-methyl/N-ethyl adjacent to an activating group) is 1. The number of nitrogens with one attached hydrogen (secondary N) is 1. The highest BCUT2D eigenvalue weighted by atomic mass is 16.5. The minimum atomic E-state index is -0.544. The molecule has 1 N–H and O–H groups in total. The van der Waals surface area contributed by atoms with Crippen LogP contribution in [0.3, 0.4) is 0 Å². The Balaban J connectivity index is 2.75. The summed E-state index contributed by atoms with van der Waals surface area (Å²) in [5, 5.41) is 2.63. The van der Waals surface area contributed by atoms with E-state index in [9.17, 15) is 9.59 Å². The second-order valence-electron chi connectivity index (χ2n) is 5.55. The lowest BCUT2D eigenvalue weighted by atomic mass is 9.84. The lowest BCUT2D eigenvalue weighted by molar-refractivity contribution is -0.137. The molecule has 0 aromatic rings. The van der Waals surface area contributed by atoms with Gasteiger partial charge < -0.3 is 15.0 Å². The molecule has 0 aliphatic heterocycles. The summed E-state index contributed by atoms with van der Waals surface area (Å²) >= 11 is 0. The number of carbonyl (C=O) groups is 2. The molecule has 1 saturated carbocycles. The van der Waals surface area contributed by atoms with Crippen LogP contribution in [0.25, 0.3) is 0 Å². The molecule has 0 radical (unpaired) electrons. The third-order valence-electron chi connectivity index (χ3n) is 4.27. The number of hydrogen-bond donors (Lipinski definition) is 1. The summed E-state index contributed by atoms with van der Waals surface area (Å²) in [6, 6.07) is -0.189. The molecule has 1 rings (SSSR count). The van der Waals surface area contributed by atoms with Crippen LogP contribution in [0.2, 0.25) is 0 Å². The molecule has 3 atom stereocenters. The molecule has 2 amide bonds. The maximum absolute atomic E-state index is 12.7. The molecule has 20 heavy (non-hydrogen) atoms. The highest BCUT2D eigenvalue weighted by Crippen LogP contribution is 2.28. The predicted molar refractivity (Wildman–Crippen MR) is 78.4 cm³/mol. The SMILES string of the molecule is CCC(NC(=O)OC)C(=O)N(CC)C1CCCCC1C. The van der Waals surface area contributed by atoms with Gasteiger partial charge in [0.05, 0.1) is 7.11 Å². The second-order valence-corrected chi connectivity index (χ2v) is 5.55. The molecule has 116 valence electrons. The average Bonchev–Trinajstić information content (AvgIpc) is 2.46. The van der Waals surface area contributed by atoms with Gasteiger partial charge in [0.2, 0.25) is 5.91 Å². The molecule has 1 fully saturated rings. The standard InChI is InChI=1S/C15H28N2O3/c1-5-12(16-15(19)20-4)14(18)17(6-2)13-10-8-7-9-11(13)3/h11-13H,5-10H2,1-4H3,(H,16,19). The fraction of sp³-hybridized carbons (Fsp3) is 0.867. The topological polar surface area (TPSA) is 58.6 Å². The van der Waals surface area contributed by atoms with Gasteiger partial charge in [0.15, 0.2) is 0 Å². The zero-order valence-electron chi connectivity index (χ0n) is 13.1. The zero-order chi connectivity index (χ0) is 15.1. The van der Waals surface area contributed by atoms with Crippen LogP contribution in [0.4, 0.5) is 4.79 Å². The first-order valence-corrected chi connectivity index (χ1v) is 7.70. The van der Waals surface area contributed by atoms with E-state index in [4.69, 9.17) is 0 Å². The van der Waals surface area contributed by atoms with Crippen molar-refractivity contribution in [2.24, 2.45) is 5.92 Å². The lowest BCUT2D eigenvalue weighted by Gasteiger charge is -2.39. The summed E-state index contributed by atoms with van der Waals surface area (Å²) in [6.45, 7) is 6.81. The first kappa shape index (κ1) is 16.8. The minimum absolute atomic E-state index is 0.0131. The molecule has 3 unspecified atom stereocenters. The number of hydrogen-bond acceptors (Lipinski definition) is 3. The normalized spacial score (nSPS) is 23.8. The van der Waals surface area contributed by atoms with Crippen LogP contribution in [-0.2, 0) is 9.53 Å². The molecule has 5 nitrogen and oxygen atoms in total. The number of nitrogens with zero attached hydrogens (tertiary/aromatic N) is 1. The van der Waals surface area contributed by atoms with E-state index in [1.54, 1.807) is 0 Å². The van der Waals surface area contributed by atoms with E-state index in [-0.39, 0.29) is 5.91 Å². The third kappa shape index (κ3) is 4.12.